The van der Waals surface area contributed by atoms with Crippen molar-refractivity contribution in [2.24, 2.45) is 0 Å². The van der Waals surface area contributed by atoms with Gasteiger partial charge in [-0.15, -0.1) is 0 Å². The van der Waals surface area contributed by atoms with E-state index in [-0.39, 0.29) is 0 Å². The molecule has 4 nitrogen and oxygen atoms in total. The molecule has 0 spiro atoms. The molecule has 0 unspecified atom stereocenters. The molecule has 2 aromatic rings. The summed E-state index contributed by atoms with van der Waals surface area (Å²) in [6, 6.07) is 0.682. The lowest BCUT2D eigenvalue weighted by Gasteiger charge is -2.05. The highest BCUT2D eigenvalue weighted by Crippen LogP contribution is 2.35. The first kappa shape index (κ1) is 9.15. The zero-order valence-electron chi connectivity index (χ0n) is 8.17. The number of hydrogen-bond donors (Lipinski definition) is 0. The Hall–Kier alpha value is -1.10. The van der Waals surface area contributed by atoms with E-state index in [0.29, 0.717) is 6.04 Å². The third-order valence-electron chi connectivity index (χ3n) is 2.61. The van der Waals surface area contributed by atoms with Gasteiger partial charge in [-0.1, -0.05) is 0 Å². The second-order valence-corrected chi connectivity index (χ2v) is 4.80. The topological polar surface area (TPSA) is 35.6 Å². The molecule has 3 rings (SSSR count). The van der Waals surface area contributed by atoms with Gasteiger partial charge >= 0.3 is 0 Å². The summed E-state index contributed by atoms with van der Waals surface area (Å²) in [6.07, 6.45) is 10.2. The first-order valence-corrected chi connectivity index (χ1v) is 5.81. The zero-order chi connectivity index (χ0) is 10.3. The predicted octanol–water partition coefficient (Wildman–Crippen LogP) is 2.23. The van der Waals surface area contributed by atoms with Crippen LogP contribution in [0.2, 0.25) is 0 Å². The predicted molar refractivity (Wildman–Crippen MR) is 59.5 cm³/mol. The standard InChI is InChI=1S/C10H11BrN4/c11-8-3-13-14(5-8)6-10-4-12-7-15(10)9-1-2-9/h3-5,7,9H,1-2,6H2. The Bertz CT molecular complexity index is 469. The van der Waals surface area contributed by atoms with Crippen LogP contribution in [-0.4, -0.2) is 19.3 Å². The van der Waals surface area contributed by atoms with Gasteiger partial charge in [0.25, 0.3) is 0 Å². The average molecular weight is 267 g/mol. The van der Waals surface area contributed by atoms with Gasteiger partial charge in [-0.25, -0.2) is 4.98 Å². The minimum Gasteiger partial charge on any atom is -0.330 e. The average Bonchev–Trinajstić information content (AvgIpc) is 2.83. The molecule has 0 saturated heterocycles. The Morgan fingerprint density at radius 2 is 2.27 bits per heavy atom. The van der Waals surface area contributed by atoms with Crippen molar-refractivity contribution in [2.45, 2.75) is 25.4 Å². The lowest BCUT2D eigenvalue weighted by Crippen LogP contribution is -2.06. The minimum atomic E-state index is 0.682. The fourth-order valence-corrected chi connectivity index (χ4v) is 2.05. The van der Waals surface area contributed by atoms with Crippen LogP contribution in [0.3, 0.4) is 0 Å². The Morgan fingerprint density at radius 3 is 2.93 bits per heavy atom. The summed E-state index contributed by atoms with van der Waals surface area (Å²) >= 11 is 3.39. The fraction of sp³-hybridized carbons (Fsp3) is 0.400. The van der Waals surface area contributed by atoms with Crippen molar-refractivity contribution in [2.75, 3.05) is 0 Å². The molecular formula is C10H11BrN4. The van der Waals surface area contributed by atoms with Crippen molar-refractivity contribution >= 4 is 15.9 Å². The largest absolute Gasteiger partial charge is 0.330 e. The van der Waals surface area contributed by atoms with E-state index < -0.39 is 0 Å². The van der Waals surface area contributed by atoms with Crippen molar-refractivity contribution in [3.05, 3.63) is 35.1 Å². The molecule has 0 atom stereocenters. The van der Waals surface area contributed by atoms with Crippen LogP contribution in [-0.2, 0) is 6.54 Å². The maximum absolute atomic E-state index is 4.24. The number of imidazole rings is 1. The molecule has 0 aromatic carbocycles. The maximum atomic E-state index is 4.24. The number of rotatable bonds is 3. The van der Waals surface area contributed by atoms with Crippen molar-refractivity contribution in [1.29, 1.82) is 0 Å². The molecule has 15 heavy (non-hydrogen) atoms. The molecule has 2 heterocycles. The first-order valence-electron chi connectivity index (χ1n) is 5.01. The van der Waals surface area contributed by atoms with Crippen LogP contribution in [0.5, 0.6) is 0 Å². The molecule has 0 N–H and O–H groups in total. The van der Waals surface area contributed by atoms with E-state index in [9.17, 15) is 0 Å². The molecule has 1 aliphatic rings. The number of hydrogen-bond acceptors (Lipinski definition) is 2. The summed E-state index contributed by atoms with van der Waals surface area (Å²) in [5.41, 5.74) is 1.23. The van der Waals surface area contributed by atoms with Crippen LogP contribution in [0.25, 0.3) is 0 Å². The van der Waals surface area contributed by atoms with Crippen molar-refractivity contribution in [3.63, 3.8) is 0 Å². The summed E-state index contributed by atoms with van der Waals surface area (Å²) in [5, 5.41) is 4.24. The van der Waals surface area contributed by atoms with Gasteiger partial charge in [0.1, 0.15) is 0 Å². The lowest BCUT2D eigenvalue weighted by molar-refractivity contribution is 0.615. The highest BCUT2D eigenvalue weighted by Gasteiger charge is 2.25. The minimum absolute atomic E-state index is 0.682. The summed E-state index contributed by atoms with van der Waals surface area (Å²) in [5.74, 6) is 0. The van der Waals surface area contributed by atoms with Gasteiger partial charge in [-0.3, -0.25) is 4.68 Å². The summed E-state index contributed by atoms with van der Waals surface area (Å²) in [4.78, 5) is 4.20. The number of aromatic nitrogens is 4. The zero-order valence-corrected chi connectivity index (χ0v) is 9.76. The summed E-state index contributed by atoms with van der Waals surface area (Å²) in [7, 11) is 0. The van der Waals surface area contributed by atoms with E-state index in [1.807, 2.05) is 23.4 Å². The molecule has 0 amide bonds. The maximum Gasteiger partial charge on any atom is 0.0951 e. The van der Waals surface area contributed by atoms with Crippen LogP contribution in [0.1, 0.15) is 24.6 Å². The van der Waals surface area contributed by atoms with Crippen molar-refractivity contribution in [3.8, 4) is 0 Å². The first-order chi connectivity index (χ1) is 7.33. The van der Waals surface area contributed by atoms with Crippen molar-refractivity contribution < 1.29 is 0 Å². The summed E-state index contributed by atoms with van der Waals surface area (Å²) in [6.45, 7) is 0.794. The van der Waals surface area contributed by atoms with Gasteiger partial charge in [0, 0.05) is 12.2 Å². The van der Waals surface area contributed by atoms with Gasteiger partial charge in [0.05, 0.1) is 35.4 Å². The van der Waals surface area contributed by atoms with Gasteiger partial charge in [0.15, 0.2) is 0 Å². The van der Waals surface area contributed by atoms with Crippen LogP contribution >= 0.6 is 15.9 Å². The van der Waals surface area contributed by atoms with Crippen LogP contribution in [0.15, 0.2) is 29.4 Å². The van der Waals surface area contributed by atoms with Crippen LogP contribution in [0, 0.1) is 0 Å². The monoisotopic (exact) mass is 266 g/mol. The van der Waals surface area contributed by atoms with E-state index in [1.165, 1.54) is 18.5 Å². The molecule has 78 valence electrons. The highest BCUT2D eigenvalue weighted by atomic mass is 79.9. The third kappa shape index (κ3) is 1.84. The summed E-state index contributed by atoms with van der Waals surface area (Å²) < 4.78 is 5.19. The van der Waals surface area contributed by atoms with E-state index in [2.05, 4.69) is 30.6 Å². The number of nitrogens with zero attached hydrogens (tertiary/aromatic N) is 4. The fourth-order valence-electron chi connectivity index (χ4n) is 1.73. The Morgan fingerprint density at radius 1 is 1.40 bits per heavy atom. The van der Waals surface area contributed by atoms with E-state index in [0.717, 1.165) is 11.0 Å². The SMILES string of the molecule is Brc1cnn(Cc2cncn2C2CC2)c1. The van der Waals surface area contributed by atoms with Gasteiger partial charge in [-0.05, 0) is 28.8 Å². The second kappa shape index (κ2) is 3.48. The third-order valence-corrected chi connectivity index (χ3v) is 3.02. The van der Waals surface area contributed by atoms with E-state index >= 15 is 0 Å². The molecule has 1 fully saturated rings. The lowest BCUT2D eigenvalue weighted by atomic mass is 10.4. The molecule has 0 radical (unpaired) electrons. The Balaban J connectivity index is 1.84. The molecule has 1 aliphatic carbocycles. The van der Waals surface area contributed by atoms with Gasteiger partial charge in [-0.2, -0.15) is 5.10 Å². The second-order valence-electron chi connectivity index (χ2n) is 3.88. The van der Waals surface area contributed by atoms with Gasteiger partial charge < -0.3 is 4.57 Å². The molecule has 5 heteroatoms. The molecular weight excluding hydrogens is 256 g/mol. The smallest absolute Gasteiger partial charge is 0.0951 e. The van der Waals surface area contributed by atoms with Crippen LogP contribution < -0.4 is 0 Å². The quantitative estimate of drug-likeness (QED) is 0.854. The van der Waals surface area contributed by atoms with Gasteiger partial charge in [0.2, 0.25) is 0 Å². The molecule has 0 aliphatic heterocycles. The molecule has 2 aromatic heterocycles. The molecule has 0 bridgehead atoms. The van der Waals surface area contributed by atoms with E-state index in [4.69, 9.17) is 0 Å². The normalized spacial score (nSPS) is 15.8. The van der Waals surface area contributed by atoms with E-state index in [1.54, 1.807) is 6.20 Å². The van der Waals surface area contributed by atoms with Crippen LogP contribution in [0.4, 0.5) is 0 Å². The highest BCUT2D eigenvalue weighted by molar-refractivity contribution is 9.10. The Kier molecular flexibility index (Phi) is 2.12. The Labute approximate surface area is 96.1 Å². The van der Waals surface area contributed by atoms with Crippen molar-refractivity contribution in [1.82, 2.24) is 19.3 Å². The number of halogens is 1. The molecule has 1 saturated carbocycles.